The number of phenolic OH excluding ortho intramolecular Hbond substituents is 3. The summed E-state index contributed by atoms with van der Waals surface area (Å²) in [7, 11) is 0. The molecule has 0 atom stereocenters. The van der Waals surface area contributed by atoms with Crippen molar-refractivity contribution >= 4 is 12.1 Å². The Morgan fingerprint density at radius 2 is 1.65 bits per heavy atom. The Morgan fingerprint density at radius 3 is 2.30 bits per heavy atom. The van der Waals surface area contributed by atoms with Gasteiger partial charge in [0, 0.05) is 17.2 Å². The monoisotopic (exact) mass is 272 g/mol. The number of hydrogen-bond acceptors (Lipinski definition) is 5. The van der Waals surface area contributed by atoms with Crippen molar-refractivity contribution in [3.05, 3.63) is 53.6 Å². The molecule has 4 N–H and O–H groups in total. The molecule has 2 aromatic carbocycles. The zero-order valence-electron chi connectivity index (χ0n) is 10.3. The molecule has 0 saturated carbocycles. The Hall–Kier alpha value is -3.02. The van der Waals surface area contributed by atoms with Gasteiger partial charge < -0.3 is 15.3 Å². The van der Waals surface area contributed by atoms with Gasteiger partial charge in [-0.2, -0.15) is 5.10 Å². The van der Waals surface area contributed by atoms with Gasteiger partial charge in [0.25, 0.3) is 5.91 Å². The van der Waals surface area contributed by atoms with E-state index in [1.165, 1.54) is 48.7 Å². The zero-order chi connectivity index (χ0) is 14.5. The smallest absolute Gasteiger partial charge is 0.271 e. The third-order valence-electron chi connectivity index (χ3n) is 2.51. The lowest BCUT2D eigenvalue weighted by molar-refractivity contribution is 0.0955. The third-order valence-corrected chi connectivity index (χ3v) is 2.51. The van der Waals surface area contributed by atoms with Crippen LogP contribution in [0.4, 0.5) is 0 Å². The van der Waals surface area contributed by atoms with Crippen LogP contribution in [0.25, 0.3) is 0 Å². The predicted molar refractivity (Wildman–Crippen MR) is 72.9 cm³/mol. The van der Waals surface area contributed by atoms with Gasteiger partial charge >= 0.3 is 0 Å². The number of aromatic hydroxyl groups is 3. The van der Waals surface area contributed by atoms with Crippen LogP contribution in [-0.4, -0.2) is 27.4 Å². The van der Waals surface area contributed by atoms with Gasteiger partial charge in [-0.15, -0.1) is 0 Å². The summed E-state index contributed by atoms with van der Waals surface area (Å²) >= 11 is 0. The highest BCUT2D eigenvalue weighted by Gasteiger charge is 2.04. The van der Waals surface area contributed by atoms with Gasteiger partial charge in [0.1, 0.15) is 17.2 Å². The maximum absolute atomic E-state index is 11.7. The first-order valence-electron chi connectivity index (χ1n) is 5.70. The summed E-state index contributed by atoms with van der Waals surface area (Å²) in [6.07, 6.45) is 1.26. The zero-order valence-corrected chi connectivity index (χ0v) is 10.3. The van der Waals surface area contributed by atoms with Crippen molar-refractivity contribution in [3.63, 3.8) is 0 Å². The second-order valence-electron chi connectivity index (χ2n) is 3.99. The molecule has 102 valence electrons. The third kappa shape index (κ3) is 3.26. The van der Waals surface area contributed by atoms with E-state index in [1.807, 2.05) is 0 Å². The maximum Gasteiger partial charge on any atom is 0.271 e. The normalized spacial score (nSPS) is 10.6. The summed E-state index contributed by atoms with van der Waals surface area (Å²) in [6, 6.07) is 9.72. The molecule has 2 aromatic rings. The van der Waals surface area contributed by atoms with Crippen molar-refractivity contribution in [1.82, 2.24) is 5.43 Å². The van der Waals surface area contributed by atoms with E-state index in [9.17, 15) is 9.90 Å². The van der Waals surface area contributed by atoms with Gasteiger partial charge in [-0.25, -0.2) is 5.43 Å². The number of carbonyl (C=O) groups is 1. The molecular formula is C14H12N2O4. The van der Waals surface area contributed by atoms with Crippen molar-refractivity contribution in [1.29, 1.82) is 0 Å². The van der Waals surface area contributed by atoms with Gasteiger partial charge in [-0.1, -0.05) is 0 Å². The molecule has 0 aromatic heterocycles. The molecule has 1 amide bonds. The number of hydrazone groups is 1. The number of nitrogens with zero attached hydrogens (tertiary/aromatic N) is 1. The van der Waals surface area contributed by atoms with E-state index in [-0.39, 0.29) is 17.2 Å². The molecule has 6 nitrogen and oxygen atoms in total. The van der Waals surface area contributed by atoms with Crippen LogP contribution in [0.5, 0.6) is 17.2 Å². The van der Waals surface area contributed by atoms with Gasteiger partial charge in [-0.05, 0) is 36.4 Å². The Kier molecular flexibility index (Phi) is 3.85. The molecule has 0 heterocycles. The molecule has 0 saturated heterocycles. The van der Waals surface area contributed by atoms with E-state index in [0.717, 1.165) is 0 Å². The summed E-state index contributed by atoms with van der Waals surface area (Å²) in [5.41, 5.74) is 2.98. The van der Waals surface area contributed by atoms with Crippen LogP contribution in [0.2, 0.25) is 0 Å². The number of phenols is 3. The lowest BCUT2D eigenvalue weighted by Gasteiger charge is -2.01. The molecule has 0 radical (unpaired) electrons. The lowest BCUT2D eigenvalue weighted by atomic mass is 10.2. The Balaban J connectivity index is 2.02. The fourth-order valence-electron chi connectivity index (χ4n) is 1.48. The first kappa shape index (κ1) is 13.4. The highest BCUT2D eigenvalue weighted by molar-refractivity contribution is 5.95. The molecule has 2 rings (SSSR count). The molecular weight excluding hydrogens is 260 g/mol. The largest absolute Gasteiger partial charge is 0.508 e. The quantitative estimate of drug-likeness (QED) is 0.503. The molecule has 0 aliphatic carbocycles. The van der Waals surface area contributed by atoms with Crippen molar-refractivity contribution in [2.75, 3.05) is 0 Å². The SMILES string of the molecule is O=C(N/N=C/c1ccc(O)cc1O)c1ccc(O)cc1. The number of nitrogens with one attached hydrogen (secondary N) is 1. The number of benzene rings is 2. The van der Waals surface area contributed by atoms with Crippen LogP contribution in [-0.2, 0) is 0 Å². The van der Waals surface area contributed by atoms with Crippen LogP contribution in [0.1, 0.15) is 15.9 Å². The first-order chi connectivity index (χ1) is 9.56. The van der Waals surface area contributed by atoms with Gasteiger partial charge in [-0.3, -0.25) is 4.79 Å². The average molecular weight is 272 g/mol. The summed E-state index contributed by atoms with van der Waals surface area (Å²) in [6.45, 7) is 0. The van der Waals surface area contributed by atoms with E-state index in [0.29, 0.717) is 11.1 Å². The van der Waals surface area contributed by atoms with E-state index in [4.69, 9.17) is 10.2 Å². The lowest BCUT2D eigenvalue weighted by Crippen LogP contribution is -2.17. The molecule has 6 heteroatoms. The standard InChI is InChI=1S/C14H12N2O4/c17-11-4-1-9(2-5-11)14(20)16-15-8-10-3-6-12(18)7-13(10)19/h1-8,17-19H,(H,16,20)/b15-8+. The molecule has 0 bridgehead atoms. The minimum Gasteiger partial charge on any atom is -0.508 e. The Morgan fingerprint density at radius 1 is 1.00 bits per heavy atom. The van der Waals surface area contributed by atoms with Crippen LogP contribution in [0, 0.1) is 0 Å². The van der Waals surface area contributed by atoms with Crippen molar-refractivity contribution < 1.29 is 20.1 Å². The topological polar surface area (TPSA) is 102 Å². The van der Waals surface area contributed by atoms with Crippen LogP contribution in [0.3, 0.4) is 0 Å². The van der Waals surface area contributed by atoms with Crippen molar-refractivity contribution in [3.8, 4) is 17.2 Å². The van der Waals surface area contributed by atoms with Crippen molar-refractivity contribution in [2.24, 2.45) is 5.10 Å². The second-order valence-corrected chi connectivity index (χ2v) is 3.99. The first-order valence-corrected chi connectivity index (χ1v) is 5.70. The van der Waals surface area contributed by atoms with E-state index in [2.05, 4.69) is 10.5 Å². The van der Waals surface area contributed by atoms with Gasteiger partial charge in [0.2, 0.25) is 0 Å². The van der Waals surface area contributed by atoms with E-state index in [1.54, 1.807) is 0 Å². The minimum absolute atomic E-state index is 0.0622. The van der Waals surface area contributed by atoms with E-state index < -0.39 is 5.91 Å². The second kappa shape index (κ2) is 5.75. The summed E-state index contributed by atoms with van der Waals surface area (Å²) < 4.78 is 0. The van der Waals surface area contributed by atoms with Crippen LogP contribution in [0.15, 0.2) is 47.6 Å². The van der Waals surface area contributed by atoms with Gasteiger partial charge in [0.05, 0.1) is 6.21 Å². The number of rotatable bonds is 3. The number of carbonyl (C=O) groups excluding carboxylic acids is 1. The molecule has 0 fully saturated rings. The minimum atomic E-state index is -0.445. The molecule has 0 aliphatic heterocycles. The Bertz CT molecular complexity index is 651. The molecule has 0 aliphatic rings. The van der Waals surface area contributed by atoms with Crippen LogP contribution < -0.4 is 5.43 Å². The van der Waals surface area contributed by atoms with Crippen molar-refractivity contribution in [2.45, 2.75) is 0 Å². The average Bonchev–Trinajstić information content (AvgIpc) is 2.42. The van der Waals surface area contributed by atoms with Gasteiger partial charge in [0.15, 0.2) is 0 Å². The summed E-state index contributed by atoms with van der Waals surface area (Å²) in [4.78, 5) is 11.7. The molecule has 0 unspecified atom stereocenters. The van der Waals surface area contributed by atoms with E-state index >= 15 is 0 Å². The summed E-state index contributed by atoms with van der Waals surface area (Å²) in [5.74, 6) is -0.584. The molecule has 0 spiro atoms. The fraction of sp³-hybridized carbons (Fsp3) is 0. The maximum atomic E-state index is 11.7. The predicted octanol–water partition coefficient (Wildman–Crippen LogP) is 1.57. The molecule has 20 heavy (non-hydrogen) atoms. The summed E-state index contributed by atoms with van der Waals surface area (Å²) in [5, 5.41) is 31.4. The Labute approximate surface area is 114 Å². The number of amides is 1. The fourth-order valence-corrected chi connectivity index (χ4v) is 1.48. The highest BCUT2D eigenvalue weighted by Crippen LogP contribution is 2.20. The highest BCUT2D eigenvalue weighted by atomic mass is 16.3. The number of hydrogen-bond donors (Lipinski definition) is 4. The van der Waals surface area contributed by atoms with Crippen LogP contribution >= 0.6 is 0 Å².